The van der Waals surface area contributed by atoms with Gasteiger partial charge in [-0.05, 0) is 0 Å². The Bertz CT molecular complexity index is 460. The zero-order chi connectivity index (χ0) is 13.0. The molecule has 0 spiro atoms. The van der Waals surface area contributed by atoms with Crippen LogP contribution in [0.2, 0.25) is 0 Å². The molecule has 0 aliphatic rings. The predicted molar refractivity (Wildman–Crippen MR) is 63.6 cm³/mol. The van der Waals surface area contributed by atoms with Gasteiger partial charge in [-0.3, -0.25) is 14.9 Å². The molecule has 0 saturated carbocycles. The van der Waals surface area contributed by atoms with Crippen LogP contribution in [0.5, 0.6) is 5.75 Å². The fourth-order valence-corrected chi connectivity index (χ4v) is 1.91. The zero-order valence-electron chi connectivity index (χ0n) is 8.97. The Kier molecular flexibility index (Phi) is 4.45. The molecule has 0 aliphatic heterocycles. The van der Waals surface area contributed by atoms with E-state index in [-0.39, 0.29) is 12.1 Å². The standard InChI is InChI=1S/C10H10BrNO5/c1-17-10-6(4-9(13)14)2-8(12(15)16)3-7(10)5-11/h2-3H,4-5H2,1H3,(H,13,14). The minimum absolute atomic E-state index is 0.142. The smallest absolute Gasteiger partial charge is 0.307 e. The second-order valence-electron chi connectivity index (χ2n) is 3.26. The summed E-state index contributed by atoms with van der Waals surface area (Å²) in [6.07, 6.45) is -0.315. The van der Waals surface area contributed by atoms with Gasteiger partial charge in [0.25, 0.3) is 5.69 Å². The van der Waals surface area contributed by atoms with Crippen molar-refractivity contribution in [2.75, 3.05) is 7.11 Å². The largest absolute Gasteiger partial charge is 0.496 e. The summed E-state index contributed by atoms with van der Waals surface area (Å²) in [5.74, 6) is -0.695. The first kappa shape index (κ1) is 13.4. The molecule has 0 fully saturated rings. The van der Waals surface area contributed by atoms with E-state index >= 15 is 0 Å². The van der Waals surface area contributed by atoms with Crippen LogP contribution < -0.4 is 4.74 Å². The Labute approximate surface area is 105 Å². The van der Waals surface area contributed by atoms with Gasteiger partial charge in [0.05, 0.1) is 18.5 Å². The first-order valence-electron chi connectivity index (χ1n) is 4.61. The van der Waals surface area contributed by atoms with Gasteiger partial charge in [0.15, 0.2) is 0 Å². The van der Waals surface area contributed by atoms with Crippen molar-refractivity contribution in [2.24, 2.45) is 0 Å². The van der Waals surface area contributed by atoms with Gasteiger partial charge < -0.3 is 9.84 Å². The number of carboxylic acid groups (broad SMARTS) is 1. The Hall–Kier alpha value is -1.63. The third-order valence-electron chi connectivity index (χ3n) is 2.13. The summed E-state index contributed by atoms with van der Waals surface area (Å²) in [6, 6.07) is 2.58. The number of ether oxygens (including phenoxy) is 1. The maximum atomic E-state index is 10.7. The van der Waals surface area contributed by atoms with Crippen LogP contribution in [0.1, 0.15) is 11.1 Å². The molecule has 0 aromatic heterocycles. The van der Waals surface area contributed by atoms with E-state index in [4.69, 9.17) is 9.84 Å². The molecule has 1 aromatic carbocycles. The van der Waals surface area contributed by atoms with Crippen molar-refractivity contribution in [3.63, 3.8) is 0 Å². The summed E-state index contributed by atoms with van der Waals surface area (Å²) >= 11 is 3.18. The Morgan fingerprint density at radius 2 is 2.12 bits per heavy atom. The minimum atomic E-state index is -1.07. The van der Waals surface area contributed by atoms with Gasteiger partial charge in [-0.25, -0.2) is 0 Å². The topological polar surface area (TPSA) is 89.7 Å². The highest BCUT2D eigenvalue weighted by Gasteiger charge is 2.18. The molecule has 0 bridgehead atoms. The van der Waals surface area contributed by atoms with Crippen LogP contribution in [0, 0.1) is 10.1 Å². The van der Waals surface area contributed by atoms with E-state index in [1.54, 1.807) is 0 Å². The molecule has 0 aliphatic carbocycles. The number of nitrogens with zero attached hydrogens (tertiary/aromatic N) is 1. The van der Waals surface area contributed by atoms with E-state index in [2.05, 4.69) is 15.9 Å². The first-order chi connectivity index (χ1) is 7.99. The molecule has 7 heteroatoms. The van der Waals surface area contributed by atoms with Crippen molar-refractivity contribution in [3.05, 3.63) is 33.4 Å². The van der Waals surface area contributed by atoms with Gasteiger partial charge >= 0.3 is 5.97 Å². The van der Waals surface area contributed by atoms with E-state index in [1.807, 2.05) is 0 Å². The number of nitro benzene ring substituents is 1. The molecule has 0 heterocycles. The quantitative estimate of drug-likeness (QED) is 0.511. The lowest BCUT2D eigenvalue weighted by molar-refractivity contribution is -0.385. The Morgan fingerprint density at radius 3 is 2.53 bits per heavy atom. The maximum Gasteiger partial charge on any atom is 0.307 e. The van der Waals surface area contributed by atoms with E-state index in [1.165, 1.54) is 19.2 Å². The molecule has 0 saturated heterocycles. The molecule has 1 rings (SSSR count). The van der Waals surface area contributed by atoms with Gasteiger partial charge in [0.2, 0.25) is 0 Å². The number of halogens is 1. The molecule has 6 nitrogen and oxygen atoms in total. The Morgan fingerprint density at radius 1 is 1.53 bits per heavy atom. The number of nitro groups is 1. The molecule has 0 amide bonds. The molecule has 0 unspecified atom stereocenters. The lowest BCUT2D eigenvalue weighted by Gasteiger charge is -2.10. The average Bonchev–Trinajstić information content (AvgIpc) is 2.26. The predicted octanol–water partition coefficient (Wildman–Crippen LogP) is 2.13. The van der Waals surface area contributed by atoms with E-state index < -0.39 is 10.9 Å². The Balaban J connectivity index is 3.36. The number of carboxylic acids is 1. The summed E-state index contributed by atoms with van der Waals surface area (Å²) in [4.78, 5) is 20.8. The summed E-state index contributed by atoms with van der Waals surface area (Å²) in [6.45, 7) is 0. The maximum absolute atomic E-state index is 10.7. The molecule has 17 heavy (non-hydrogen) atoms. The van der Waals surface area contributed by atoms with Crippen molar-refractivity contribution in [3.8, 4) is 5.75 Å². The van der Waals surface area contributed by atoms with Crippen molar-refractivity contribution in [1.82, 2.24) is 0 Å². The summed E-state index contributed by atoms with van der Waals surface area (Å²) in [5, 5.41) is 19.8. The van der Waals surface area contributed by atoms with Crippen LogP contribution >= 0.6 is 15.9 Å². The zero-order valence-corrected chi connectivity index (χ0v) is 10.6. The van der Waals surface area contributed by atoms with Crippen LogP contribution in [0.15, 0.2) is 12.1 Å². The number of non-ortho nitro benzene ring substituents is 1. The number of methoxy groups -OCH3 is 1. The number of aliphatic carboxylic acids is 1. The van der Waals surface area contributed by atoms with E-state index in [9.17, 15) is 14.9 Å². The highest BCUT2D eigenvalue weighted by atomic mass is 79.9. The number of alkyl halides is 1. The fraction of sp³-hybridized carbons (Fsp3) is 0.300. The molecule has 0 radical (unpaired) electrons. The normalized spacial score (nSPS) is 10.0. The van der Waals surface area contributed by atoms with Crippen LogP contribution in [-0.2, 0) is 16.5 Å². The van der Waals surface area contributed by atoms with Crippen LogP contribution in [0.25, 0.3) is 0 Å². The molecule has 0 atom stereocenters. The average molecular weight is 304 g/mol. The van der Waals surface area contributed by atoms with Gasteiger partial charge in [-0.15, -0.1) is 0 Å². The number of hydrogen-bond donors (Lipinski definition) is 1. The molecular formula is C10H10BrNO5. The molecule has 92 valence electrons. The number of rotatable bonds is 5. The number of carbonyl (C=O) groups is 1. The SMILES string of the molecule is COc1c(CBr)cc([N+](=O)[O-])cc1CC(=O)O. The highest BCUT2D eigenvalue weighted by molar-refractivity contribution is 9.08. The van der Waals surface area contributed by atoms with Crippen LogP contribution in [0.3, 0.4) is 0 Å². The lowest BCUT2D eigenvalue weighted by atomic mass is 10.1. The second kappa shape index (κ2) is 5.62. The number of hydrogen-bond acceptors (Lipinski definition) is 4. The highest BCUT2D eigenvalue weighted by Crippen LogP contribution is 2.31. The fourth-order valence-electron chi connectivity index (χ4n) is 1.50. The minimum Gasteiger partial charge on any atom is -0.496 e. The second-order valence-corrected chi connectivity index (χ2v) is 3.82. The van der Waals surface area contributed by atoms with E-state index in [0.29, 0.717) is 22.2 Å². The van der Waals surface area contributed by atoms with Gasteiger partial charge in [0.1, 0.15) is 5.75 Å². The summed E-state index contributed by atoms with van der Waals surface area (Å²) in [5.41, 5.74) is 0.707. The van der Waals surface area contributed by atoms with Crippen molar-refractivity contribution >= 4 is 27.6 Å². The van der Waals surface area contributed by atoms with Crippen LogP contribution in [-0.4, -0.2) is 23.1 Å². The van der Waals surface area contributed by atoms with Crippen molar-refractivity contribution in [2.45, 2.75) is 11.8 Å². The molecular weight excluding hydrogens is 294 g/mol. The molecule has 1 aromatic rings. The first-order valence-corrected chi connectivity index (χ1v) is 5.73. The summed E-state index contributed by atoms with van der Waals surface area (Å²) in [7, 11) is 1.40. The van der Waals surface area contributed by atoms with Gasteiger partial charge in [-0.1, -0.05) is 15.9 Å². The number of benzene rings is 1. The van der Waals surface area contributed by atoms with Crippen LogP contribution in [0.4, 0.5) is 5.69 Å². The van der Waals surface area contributed by atoms with Crippen molar-refractivity contribution < 1.29 is 19.6 Å². The monoisotopic (exact) mass is 303 g/mol. The third kappa shape index (κ3) is 3.16. The van der Waals surface area contributed by atoms with E-state index in [0.717, 1.165) is 0 Å². The van der Waals surface area contributed by atoms with Gasteiger partial charge in [0, 0.05) is 28.6 Å². The third-order valence-corrected chi connectivity index (χ3v) is 2.73. The van der Waals surface area contributed by atoms with Gasteiger partial charge in [-0.2, -0.15) is 0 Å². The molecule has 1 N–H and O–H groups in total. The summed E-state index contributed by atoms with van der Waals surface area (Å²) < 4.78 is 5.09. The lowest BCUT2D eigenvalue weighted by Crippen LogP contribution is -2.05. The van der Waals surface area contributed by atoms with Crippen molar-refractivity contribution in [1.29, 1.82) is 0 Å².